The Morgan fingerprint density at radius 3 is 3.00 bits per heavy atom. The van der Waals surface area contributed by atoms with Crippen LogP contribution in [0, 0.1) is 0 Å². The molecule has 0 aromatic carbocycles. The molecule has 2 atom stereocenters. The molecule has 3 rings (SSSR count). The number of ether oxygens (including phenoxy) is 1. The predicted molar refractivity (Wildman–Crippen MR) is 85.7 cm³/mol. The quantitative estimate of drug-likeness (QED) is 0.892. The molecule has 0 saturated carbocycles. The Labute approximate surface area is 130 Å². The molecular formula is C16H24N4O2. The molecule has 0 spiro atoms. The van der Waals surface area contributed by atoms with E-state index in [1.54, 1.807) is 6.20 Å². The predicted octanol–water partition coefficient (Wildman–Crippen LogP) is 1.96. The van der Waals surface area contributed by atoms with Crippen molar-refractivity contribution in [2.24, 2.45) is 0 Å². The fourth-order valence-corrected chi connectivity index (χ4v) is 3.01. The number of nitrogens with one attached hydrogen (secondary N) is 2. The number of carbonyl (C=O) groups excluding carboxylic acids is 1. The first-order valence-corrected chi connectivity index (χ1v) is 8.00. The van der Waals surface area contributed by atoms with E-state index in [-0.39, 0.29) is 18.1 Å². The van der Waals surface area contributed by atoms with Gasteiger partial charge in [-0.05, 0) is 39.7 Å². The summed E-state index contributed by atoms with van der Waals surface area (Å²) in [6.45, 7) is 7.50. The van der Waals surface area contributed by atoms with Gasteiger partial charge in [0.1, 0.15) is 5.82 Å². The molecule has 6 heteroatoms. The van der Waals surface area contributed by atoms with Crippen molar-refractivity contribution >= 4 is 17.8 Å². The van der Waals surface area contributed by atoms with Crippen molar-refractivity contribution < 1.29 is 9.53 Å². The van der Waals surface area contributed by atoms with Crippen molar-refractivity contribution in [3.63, 3.8) is 0 Å². The fraction of sp³-hybridized carbons (Fsp3) is 0.625. The monoisotopic (exact) mass is 304 g/mol. The summed E-state index contributed by atoms with van der Waals surface area (Å²) in [5.41, 5.74) is 1.70. The lowest BCUT2D eigenvalue weighted by atomic mass is 10.1. The van der Waals surface area contributed by atoms with Crippen molar-refractivity contribution in [1.82, 2.24) is 15.1 Å². The van der Waals surface area contributed by atoms with E-state index in [2.05, 4.69) is 29.6 Å². The smallest absolute Gasteiger partial charge is 0.249 e. The average molecular weight is 304 g/mol. The van der Waals surface area contributed by atoms with Gasteiger partial charge in [0, 0.05) is 30.3 Å². The molecular weight excluding hydrogens is 280 g/mol. The zero-order chi connectivity index (χ0) is 15.7. The van der Waals surface area contributed by atoms with Gasteiger partial charge in [-0.25, -0.2) is 4.68 Å². The summed E-state index contributed by atoms with van der Waals surface area (Å²) in [5.74, 6) is 0.956. The first-order valence-electron chi connectivity index (χ1n) is 8.00. The van der Waals surface area contributed by atoms with Crippen molar-refractivity contribution in [3.05, 3.63) is 17.3 Å². The lowest BCUT2D eigenvalue weighted by molar-refractivity contribution is -0.118. The van der Waals surface area contributed by atoms with Crippen LogP contribution in [0.15, 0.2) is 11.8 Å². The number of fused-ring (bicyclic) bond motifs is 1. The van der Waals surface area contributed by atoms with Crippen molar-refractivity contribution in [1.29, 1.82) is 0 Å². The van der Waals surface area contributed by atoms with Crippen LogP contribution >= 0.6 is 0 Å². The molecule has 2 unspecified atom stereocenters. The van der Waals surface area contributed by atoms with E-state index in [0.717, 1.165) is 36.4 Å². The van der Waals surface area contributed by atoms with E-state index < -0.39 is 0 Å². The maximum atomic E-state index is 12.4. The second-order valence-corrected chi connectivity index (χ2v) is 6.32. The van der Waals surface area contributed by atoms with Gasteiger partial charge in [-0.3, -0.25) is 4.79 Å². The molecule has 0 aliphatic carbocycles. The average Bonchev–Trinajstić information content (AvgIpc) is 3.15. The third kappa shape index (κ3) is 2.88. The second-order valence-electron chi connectivity index (χ2n) is 6.32. The second kappa shape index (κ2) is 6.12. The van der Waals surface area contributed by atoms with Gasteiger partial charge in [0.2, 0.25) is 5.91 Å². The highest BCUT2D eigenvalue weighted by Gasteiger charge is 2.26. The molecule has 1 aromatic heterocycles. The van der Waals surface area contributed by atoms with Crippen molar-refractivity contribution in [3.8, 4) is 0 Å². The van der Waals surface area contributed by atoms with Crippen LogP contribution in [0.5, 0.6) is 0 Å². The van der Waals surface area contributed by atoms with Gasteiger partial charge in [0.25, 0.3) is 0 Å². The van der Waals surface area contributed by atoms with E-state index in [9.17, 15) is 4.79 Å². The Bertz CT molecular complexity index is 585. The van der Waals surface area contributed by atoms with E-state index in [0.29, 0.717) is 12.6 Å². The number of hydrogen-bond acceptors (Lipinski definition) is 4. The molecule has 22 heavy (non-hydrogen) atoms. The number of anilines is 1. The molecule has 1 saturated heterocycles. The number of aromatic nitrogens is 2. The van der Waals surface area contributed by atoms with E-state index in [1.165, 1.54) is 0 Å². The van der Waals surface area contributed by atoms with E-state index >= 15 is 0 Å². The van der Waals surface area contributed by atoms with Crippen LogP contribution in [0.1, 0.15) is 45.2 Å². The molecule has 1 fully saturated rings. The summed E-state index contributed by atoms with van der Waals surface area (Å²) in [6.07, 6.45) is 5.96. The molecule has 0 bridgehead atoms. The maximum absolute atomic E-state index is 12.4. The minimum atomic E-state index is -0.0292. The number of amides is 1. The zero-order valence-electron chi connectivity index (χ0n) is 13.4. The Hall–Kier alpha value is -1.82. The Kier molecular flexibility index (Phi) is 4.20. The van der Waals surface area contributed by atoms with Crippen LogP contribution in [0.25, 0.3) is 6.08 Å². The number of nitrogens with zero attached hydrogens (tertiary/aromatic N) is 2. The SMILES string of the molecule is CC(NC(=O)C1=Cc2cnn(C(C)C)c2NC1)C1CCCO1. The van der Waals surface area contributed by atoms with Crippen LogP contribution in [-0.2, 0) is 9.53 Å². The maximum Gasteiger partial charge on any atom is 0.249 e. The Balaban J connectivity index is 1.69. The summed E-state index contributed by atoms with van der Waals surface area (Å²) < 4.78 is 7.57. The Morgan fingerprint density at radius 2 is 2.32 bits per heavy atom. The molecule has 1 amide bonds. The normalized spacial score (nSPS) is 22.0. The van der Waals surface area contributed by atoms with Crippen LogP contribution in [-0.4, -0.2) is 41.0 Å². The molecule has 2 aliphatic rings. The molecule has 2 N–H and O–H groups in total. The highest BCUT2D eigenvalue weighted by Crippen LogP contribution is 2.26. The van der Waals surface area contributed by atoms with E-state index in [4.69, 9.17) is 4.74 Å². The molecule has 3 heterocycles. The van der Waals surface area contributed by atoms with Crippen molar-refractivity contribution in [2.75, 3.05) is 18.5 Å². The van der Waals surface area contributed by atoms with Crippen LogP contribution in [0.2, 0.25) is 0 Å². The van der Waals surface area contributed by atoms with Crippen LogP contribution in [0.4, 0.5) is 5.82 Å². The lowest BCUT2D eigenvalue weighted by Crippen LogP contribution is -2.42. The van der Waals surface area contributed by atoms with Gasteiger partial charge in [-0.15, -0.1) is 0 Å². The molecule has 0 radical (unpaired) electrons. The summed E-state index contributed by atoms with van der Waals surface area (Å²) in [7, 11) is 0. The van der Waals surface area contributed by atoms with Crippen LogP contribution < -0.4 is 10.6 Å². The van der Waals surface area contributed by atoms with Gasteiger partial charge in [-0.1, -0.05) is 0 Å². The highest BCUT2D eigenvalue weighted by molar-refractivity contribution is 6.00. The third-order valence-corrected chi connectivity index (χ3v) is 4.26. The summed E-state index contributed by atoms with van der Waals surface area (Å²) in [4.78, 5) is 12.4. The molecule has 120 valence electrons. The van der Waals surface area contributed by atoms with Gasteiger partial charge in [-0.2, -0.15) is 5.10 Å². The largest absolute Gasteiger partial charge is 0.376 e. The summed E-state index contributed by atoms with van der Waals surface area (Å²) >= 11 is 0. The first kappa shape index (κ1) is 15.1. The van der Waals surface area contributed by atoms with Gasteiger partial charge < -0.3 is 15.4 Å². The number of hydrogen-bond donors (Lipinski definition) is 2. The number of carbonyl (C=O) groups is 1. The summed E-state index contributed by atoms with van der Waals surface area (Å²) in [6, 6.07) is 0.329. The van der Waals surface area contributed by atoms with Crippen molar-refractivity contribution in [2.45, 2.75) is 51.8 Å². The van der Waals surface area contributed by atoms with Crippen LogP contribution in [0.3, 0.4) is 0 Å². The zero-order valence-corrected chi connectivity index (χ0v) is 13.4. The molecule has 2 aliphatic heterocycles. The third-order valence-electron chi connectivity index (χ3n) is 4.26. The lowest BCUT2D eigenvalue weighted by Gasteiger charge is -2.23. The van der Waals surface area contributed by atoms with Gasteiger partial charge >= 0.3 is 0 Å². The topological polar surface area (TPSA) is 68.2 Å². The number of rotatable bonds is 4. The van der Waals surface area contributed by atoms with Gasteiger partial charge in [0.15, 0.2) is 0 Å². The van der Waals surface area contributed by atoms with Gasteiger partial charge in [0.05, 0.1) is 18.3 Å². The standard InChI is InChI=1S/C16H24N4O2/c1-10(2)20-15-12(9-18-20)7-13(8-17-15)16(21)19-11(3)14-5-4-6-22-14/h7,9-11,14,17H,4-6,8H2,1-3H3,(H,19,21). The fourth-order valence-electron chi connectivity index (χ4n) is 3.01. The van der Waals surface area contributed by atoms with E-state index in [1.807, 2.05) is 17.7 Å². The molecule has 1 aromatic rings. The highest BCUT2D eigenvalue weighted by atomic mass is 16.5. The first-order chi connectivity index (χ1) is 10.6. The minimum Gasteiger partial charge on any atom is -0.376 e. The minimum absolute atomic E-state index is 0.0292. The summed E-state index contributed by atoms with van der Waals surface area (Å²) in [5, 5.41) is 10.7. The molecule has 6 nitrogen and oxygen atoms in total. The Morgan fingerprint density at radius 1 is 1.50 bits per heavy atom.